The second-order valence-corrected chi connectivity index (χ2v) is 4.73. The Labute approximate surface area is 106 Å². The van der Waals surface area contributed by atoms with Crippen molar-refractivity contribution in [1.82, 2.24) is 9.97 Å². The molecule has 2 rings (SSSR count). The van der Waals surface area contributed by atoms with Gasteiger partial charge in [0.05, 0.1) is 12.3 Å². The number of hydrogen-bond acceptors (Lipinski definition) is 6. The fourth-order valence-corrected chi connectivity index (χ4v) is 2.32. The molecule has 1 aromatic rings. The van der Waals surface area contributed by atoms with Crippen LogP contribution in [0, 0.1) is 17.7 Å². The summed E-state index contributed by atoms with van der Waals surface area (Å²) in [6, 6.07) is 0. The van der Waals surface area contributed by atoms with Crippen molar-refractivity contribution < 1.29 is 4.74 Å². The molecule has 0 aromatic carbocycles. The quantitative estimate of drug-likeness (QED) is 0.829. The highest BCUT2D eigenvalue weighted by Gasteiger charge is 2.17. The van der Waals surface area contributed by atoms with Gasteiger partial charge in [-0.3, -0.25) is 0 Å². The second-order valence-electron chi connectivity index (χ2n) is 4.73. The summed E-state index contributed by atoms with van der Waals surface area (Å²) in [5.74, 6) is 0.855. The van der Waals surface area contributed by atoms with Crippen molar-refractivity contribution in [3.63, 3.8) is 0 Å². The van der Waals surface area contributed by atoms with Crippen LogP contribution < -0.4 is 10.5 Å². The smallest absolute Gasteiger partial charge is 0.248 e. The molecule has 6 nitrogen and oxygen atoms in total. The van der Waals surface area contributed by atoms with E-state index in [2.05, 4.69) is 15.1 Å². The zero-order chi connectivity index (χ0) is 13.0. The normalized spacial score (nSPS) is 16.5. The van der Waals surface area contributed by atoms with Crippen LogP contribution in [0.15, 0.2) is 5.18 Å². The zero-order valence-corrected chi connectivity index (χ0v) is 10.6. The molecular weight excluding hydrogens is 232 g/mol. The Morgan fingerprint density at radius 1 is 1.33 bits per heavy atom. The summed E-state index contributed by atoms with van der Waals surface area (Å²) in [4.78, 5) is 18.6. The summed E-state index contributed by atoms with van der Waals surface area (Å²) in [5, 5.41) is 2.92. The van der Waals surface area contributed by atoms with E-state index in [1.807, 2.05) is 0 Å². The first kappa shape index (κ1) is 12.7. The molecule has 2 N–H and O–H groups in total. The lowest BCUT2D eigenvalue weighted by atomic mass is 9.90. The lowest BCUT2D eigenvalue weighted by Crippen LogP contribution is -2.16. The van der Waals surface area contributed by atoms with Crippen LogP contribution in [0.4, 0.5) is 11.6 Å². The van der Waals surface area contributed by atoms with E-state index in [-0.39, 0.29) is 17.5 Å². The number of hydrogen-bond donors (Lipinski definition) is 1. The van der Waals surface area contributed by atoms with Crippen LogP contribution in [0.3, 0.4) is 0 Å². The van der Waals surface area contributed by atoms with Crippen LogP contribution in [-0.4, -0.2) is 16.6 Å². The fraction of sp³-hybridized carbons (Fsp3) is 0.667. The van der Waals surface area contributed by atoms with Gasteiger partial charge in [0.25, 0.3) is 0 Å². The van der Waals surface area contributed by atoms with Gasteiger partial charge in [-0.15, -0.1) is 4.91 Å². The molecule has 0 radical (unpaired) electrons. The average molecular weight is 250 g/mol. The summed E-state index contributed by atoms with van der Waals surface area (Å²) < 4.78 is 5.60. The molecule has 1 heterocycles. The van der Waals surface area contributed by atoms with Crippen molar-refractivity contribution in [2.75, 3.05) is 12.3 Å². The number of aromatic nitrogens is 2. The van der Waals surface area contributed by atoms with E-state index in [0.29, 0.717) is 18.2 Å². The second kappa shape index (κ2) is 5.75. The van der Waals surface area contributed by atoms with Crippen molar-refractivity contribution in [2.45, 2.75) is 39.0 Å². The molecular formula is C12H18N4O2. The van der Waals surface area contributed by atoms with Gasteiger partial charge in [-0.25, -0.2) is 4.98 Å². The minimum absolute atomic E-state index is 0.110. The minimum Gasteiger partial charge on any atom is -0.476 e. The molecule has 0 atom stereocenters. The molecule has 18 heavy (non-hydrogen) atoms. The highest BCUT2D eigenvalue weighted by atomic mass is 16.5. The predicted molar refractivity (Wildman–Crippen MR) is 68.7 cm³/mol. The van der Waals surface area contributed by atoms with Gasteiger partial charge in [-0.05, 0) is 30.9 Å². The van der Waals surface area contributed by atoms with Gasteiger partial charge in [-0.1, -0.05) is 19.3 Å². The minimum atomic E-state index is 0.110. The topological polar surface area (TPSA) is 90.5 Å². The summed E-state index contributed by atoms with van der Waals surface area (Å²) in [6.07, 6.45) is 6.14. The van der Waals surface area contributed by atoms with E-state index in [9.17, 15) is 4.91 Å². The monoisotopic (exact) mass is 250 g/mol. The molecule has 0 unspecified atom stereocenters. The Balaban J connectivity index is 2.05. The van der Waals surface area contributed by atoms with Crippen molar-refractivity contribution in [2.24, 2.45) is 11.1 Å². The van der Waals surface area contributed by atoms with Crippen molar-refractivity contribution >= 4 is 11.6 Å². The number of anilines is 1. The first-order valence-electron chi connectivity index (χ1n) is 6.31. The standard InChI is InChI=1S/C12H18N4O2/c1-8-10(16-17)11(15-12(13)14-8)18-7-9-5-3-2-4-6-9/h9H,2-7H2,1H3,(H2,13,14,15). The summed E-state index contributed by atoms with van der Waals surface area (Å²) in [6.45, 7) is 2.24. The third-order valence-electron chi connectivity index (χ3n) is 3.32. The molecule has 0 bridgehead atoms. The van der Waals surface area contributed by atoms with Gasteiger partial charge in [0.2, 0.25) is 11.8 Å². The van der Waals surface area contributed by atoms with E-state index in [1.165, 1.54) is 32.1 Å². The van der Waals surface area contributed by atoms with Crippen molar-refractivity contribution in [1.29, 1.82) is 0 Å². The Hall–Kier alpha value is -1.72. The Morgan fingerprint density at radius 3 is 2.72 bits per heavy atom. The Morgan fingerprint density at radius 2 is 2.06 bits per heavy atom. The van der Waals surface area contributed by atoms with Gasteiger partial charge < -0.3 is 10.5 Å². The van der Waals surface area contributed by atoms with Crippen LogP contribution >= 0.6 is 0 Å². The molecule has 6 heteroatoms. The highest BCUT2D eigenvalue weighted by molar-refractivity contribution is 5.52. The maximum atomic E-state index is 10.8. The van der Waals surface area contributed by atoms with Crippen LogP contribution in [0.1, 0.15) is 37.8 Å². The number of rotatable bonds is 4. The molecule has 1 aliphatic carbocycles. The van der Waals surface area contributed by atoms with Crippen LogP contribution in [0.5, 0.6) is 5.88 Å². The number of nitrogen functional groups attached to an aromatic ring is 1. The molecule has 0 spiro atoms. The molecule has 1 fully saturated rings. The van der Waals surface area contributed by atoms with E-state index in [4.69, 9.17) is 10.5 Å². The zero-order valence-electron chi connectivity index (χ0n) is 10.6. The molecule has 0 amide bonds. The molecule has 1 aromatic heterocycles. The summed E-state index contributed by atoms with van der Waals surface area (Å²) >= 11 is 0. The Bertz CT molecular complexity index is 430. The van der Waals surface area contributed by atoms with Crippen LogP contribution in [-0.2, 0) is 0 Å². The number of aryl methyl sites for hydroxylation is 1. The largest absolute Gasteiger partial charge is 0.476 e. The van der Waals surface area contributed by atoms with Gasteiger partial charge in [-0.2, -0.15) is 4.98 Å². The fourth-order valence-electron chi connectivity index (χ4n) is 2.32. The Kier molecular flexibility index (Phi) is 4.07. The lowest BCUT2D eigenvalue weighted by Gasteiger charge is -2.21. The highest BCUT2D eigenvalue weighted by Crippen LogP contribution is 2.30. The number of ether oxygens (including phenoxy) is 1. The van der Waals surface area contributed by atoms with E-state index in [1.54, 1.807) is 6.92 Å². The third kappa shape index (κ3) is 2.94. The third-order valence-corrected chi connectivity index (χ3v) is 3.32. The molecule has 0 saturated heterocycles. The van der Waals surface area contributed by atoms with Gasteiger partial charge in [0.1, 0.15) is 0 Å². The maximum Gasteiger partial charge on any atom is 0.248 e. The average Bonchev–Trinajstić information content (AvgIpc) is 2.37. The predicted octanol–water partition coefficient (Wildman–Crippen LogP) is 2.72. The molecule has 1 aliphatic rings. The van der Waals surface area contributed by atoms with E-state index in [0.717, 1.165) is 0 Å². The van der Waals surface area contributed by atoms with Gasteiger partial charge in [0, 0.05) is 0 Å². The first-order valence-corrected chi connectivity index (χ1v) is 6.31. The molecule has 98 valence electrons. The maximum absolute atomic E-state index is 10.8. The van der Waals surface area contributed by atoms with Gasteiger partial charge in [0.15, 0.2) is 5.69 Å². The number of nitrogens with zero attached hydrogens (tertiary/aromatic N) is 3. The lowest BCUT2D eigenvalue weighted by molar-refractivity contribution is 0.203. The number of nitrogens with two attached hydrogens (primary N) is 1. The van der Waals surface area contributed by atoms with E-state index < -0.39 is 0 Å². The van der Waals surface area contributed by atoms with Gasteiger partial charge >= 0.3 is 0 Å². The molecule has 0 aliphatic heterocycles. The van der Waals surface area contributed by atoms with Crippen LogP contribution in [0.2, 0.25) is 0 Å². The van der Waals surface area contributed by atoms with E-state index >= 15 is 0 Å². The first-order chi connectivity index (χ1) is 8.70. The summed E-state index contributed by atoms with van der Waals surface area (Å²) in [5.41, 5.74) is 6.15. The summed E-state index contributed by atoms with van der Waals surface area (Å²) in [7, 11) is 0. The van der Waals surface area contributed by atoms with Crippen LogP contribution in [0.25, 0.3) is 0 Å². The SMILES string of the molecule is Cc1nc(N)nc(OCC2CCCCC2)c1N=O. The van der Waals surface area contributed by atoms with Crippen molar-refractivity contribution in [3.8, 4) is 5.88 Å². The number of nitroso groups, excluding NO2 is 1. The van der Waals surface area contributed by atoms with Crippen molar-refractivity contribution in [3.05, 3.63) is 10.6 Å². The molecule has 1 saturated carbocycles.